The van der Waals surface area contributed by atoms with Crippen molar-refractivity contribution in [2.24, 2.45) is 4.99 Å². The van der Waals surface area contributed by atoms with Crippen LogP contribution in [0.4, 0.5) is 5.82 Å². The molecule has 0 spiro atoms. The smallest absolute Gasteiger partial charge is 0.215 e. The summed E-state index contributed by atoms with van der Waals surface area (Å²) in [7, 11) is 0. The molecule has 0 saturated carbocycles. The van der Waals surface area contributed by atoms with Crippen LogP contribution in [0, 0.1) is 0 Å². The highest BCUT2D eigenvalue weighted by atomic mass is 16.1. The van der Waals surface area contributed by atoms with Crippen molar-refractivity contribution in [3.63, 3.8) is 0 Å². The van der Waals surface area contributed by atoms with Crippen molar-refractivity contribution in [3.8, 4) is 0 Å². The van der Waals surface area contributed by atoms with Gasteiger partial charge in [0.1, 0.15) is 0 Å². The molecule has 1 rings (SSSR count). The van der Waals surface area contributed by atoms with Gasteiger partial charge in [-0.15, -0.1) is 4.99 Å². The predicted molar refractivity (Wildman–Crippen MR) is 73.5 cm³/mol. The summed E-state index contributed by atoms with van der Waals surface area (Å²) < 4.78 is 1.66. The lowest BCUT2D eigenvalue weighted by atomic mass is 9.92. The topological polar surface area (TPSA) is 47.2 Å². The van der Waals surface area contributed by atoms with Gasteiger partial charge in [-0.25, -0.2) is 9.48 Å². The first-order chi connectivity index (χ1) is 8.43. The maximum absolute atomic E-state index is 10.5. The summed E-state index contributed by atoms with van der Waals surface area (Å²) in [6.45, 7) is 10.1. The quantitative estimate of drug-likeness (QED) is 0.464. The fourth-order valence-electron chi connectivity index (χ4n) is 1.51. The zero-order chi connectivity index (χ0) is 13.8. The predicted octanol–water partition coefficient (Wildman–Crippen LogP) is 3.58. The van der Waals surface area contributed by atoms with Gasteiger partial charge < -0.3 is 0 Å². The van der Waals surface area contributed by atoms with E-state index in [1.165, 1.54) is 0 Å². The van der Waals surface area contributed by atoms with Crippen molar-refractivity contribution >= 4 is 17.6 Å². The van der Waals surface area contributed by atoms with Gasteiger partial charge in [-0.1, -0.05) is 32.9 Å². The Labute approximate surface area is 108 Å². The van der Waals surface area contributed by atoms with Crippen molar-refractivity contribution in [3.05, 3.63) is 30.0 Å². The average molecular weight is 245 g/mol. The van der Waals surface area contributed by atoms with E-state index in [1.54, 1.807) is 10.8 Å². The molecule has 0 unspecified atom stereocenters. The Hall–Kier alpha value is -1.93. The van der Waals surface area contributed by atoms with Crippen LogP contribution in [0.1, 0.15) is 40.3 Å². The fourth-order valence-corrected chi connectivity index (χ4v) is 1.51. The number of nitrogens with zero attached hydrogens (tertiary/aromatic N) is 3. The molecular formula is C14H19N3O. The Balaban J connectivity index is 3.42. The van der Waals surface area contributed by atoms with Crippen molar-refractivity contribution < 1.29 is 4.79 Å². The Bertz CT molecular complexity index is 524. The molecule has 0 atom stereocenters. The van der Waals surface area contributed by atoms with Crippen LogP contribution >= 0.6 is 0 Å². The number of hydrogen-bond donors (Lipinski definition) is 0. The highest BCUT2D eigenvalue weighted by Crippen LogP contribution is 2.27. The van der Waals surface area contributed by atoms with E-state index >= 15 is 0 Å². The second-order valence-electron chi connectivity index (χ2n) is 4.97. The Morgan fingerprint density at radius 3 is 2.56 bits per heavy atom. The molecular weight excluding hydrogens is 226 g/mol. The van der Waals surface area contributed by atoms with E-state index in [9.17, 15) is 4.79 Å². The molecule has 0 amide bonds. The second kappa shape index (κ2) is 5.61. The van der Waals surface area contributed by atoms with Crippen LogP contribution in [0.5, 0.6) is 0 Å². The summed E-state index contributed by atoms with van der Waals surface area (Å²) >= 11 is 0. The number of rotatable bonds is 3. The number of hydrogen-bond acceptors (Lipinski definition) is 3. The molecule has 0 aliphatic rings. The highest BCUT2D eigenvalue weighted by molar-refractivity contribution is 5.62. The molecule has 0 aliphatic heterocycles. The van der Waals surface area contributed by atoms with Gasteiger partial charge in [0.15, 0.2) is 5.82 Å². The fraction of sp³-hybridized carbons (Fsp3) is 0.429. The molecule has 4 nitrogen and oxygen atoms in total. The number of isocyanates is 1. The number of aliphatic imine (C=N–C) groups is 1. The maximum atomic E-state index is 10.5. The van der Waals surface area contributed by atoms with E-state index in [4.69, 9.17) is 0 Å². The zero-order valence-corrected chi connectivity index (χ0v) is 11.6. The summed E-state index contributed by atoms with van der Waals surface area (Å²) in [6, 6.07) is 1.82. The van der Waals surface area contributed by atoms with E-state index in [0.717, 1.165) is 11.4 Å². The van der Waals surface area contributed by atoms with Crippen molar-refractivity contribution in [2.75, 3.05) is 0 Å². The minimum atomic E-state index is -0.0901. The minimum Gasteiger partial charge on any atom is -0.215 e. The van der Waals surface area contributed by atoms with Crippen molar-refractivity contribution in [1.29, 1.82) is 0 Å². The summed E-state index contributed by atoms with van der Waals surface area (Å²) in [5.41, 5.74) is 1.68. The summed E-state index contributed by atoms with van der Waals surface area (Å²) in [4.78, 5) is 14.2. The maximum Gasteiger partial charge on any atom is 0.242 e. The molecule has 0 bridgehead atoms. The van der Waals surface area contributed by atoms with E-state index < -0.39 is 0 Å². The Morgan fingerprint density at radius 1 is 1.44 bits per heavy atom. The van der Waals surface area contributed by atoms with Crippen molar-refractivity contribution in [2.45, 2.75) is 40.0 Å². The molecule has 96 valence electrons. The van der Waals surface area contributed by atoms with Crippen LogP contribution in [-0.2, 0) is 10.2 Å². The largest absolute Gasteiger partial charge is 0.242 e. The minimum absolute atomic E-state index is 0.0901. The van der Waals surface area contributed by atoms with Crippen LogP contribution in [0.15, 0.2) is 29.3 Å². The van der Waals surface area contributed by atoms with Crippen LogP contribution in [0.3, 0.4) is 0 Å². The molecule has 0 aliphatic carbocycles. The molecule has 0 aromatic carbocycles. The molecule has 1 heterocycles. The number of carbonyl (C=O) groups excluding carboxylic acids is 1. The molecule has 1 aromatic rings. The Kier molecular flexibility index (Phi) is 4.40. The molecule has 1 aromatic heterocycles. The van der Waals surface area contributed by atoms with Crippen LogP contribution in [-0.4, -0.2) is 15.9 Å². The summed E-state index contributed by atoms with van der Waals surface area (Å²) in [6.07, 6.45) is 7.33. The van der Waals surface area contributed by atoms with Gasteiger partial charge in [-0.2, -0.15) is 5.10 Å². The SMILES string of the molecule is CC=CC(=CC)n1nc(C(C)(C)C)cc1N=C=O. The summed E-state index contributed by atoms with van der Waals surface area (Å²) in [5, 5.41) is 4.51. The van der Waals surface area contributed by atoms with Crippen LogP contribution in [0.25, 0.3) is 5.70 Å². The van der Waals surface area contributed by atoms with Gasteiger partial charge >= 0.3 is 0 Å². The monoisotopic (exact) mass is 245 g/mol. The Morgan fingerprint density at radius 2 is 2.11 bits per heavy atom. The van der Waals surface area contributed by atoms with Crippen LogP contribution < -0.4 is 0 Å². The number of aromatic nitrogens is 2. The molecule has 4 heteroatoms. The lowest BCUT2D eigenvalue weighted by molar-refractivity contribution is 0.561. The first kappa shape index (κ1) is 14.1. The summed E-state index contributed by atoms with van der Waals surface area (Å²) in [5.74, 6) is 0.501. The highest BCUT2D eigenvalue weighted by Gasteiger charge is 2.20. The molecule has 0 N–H and O–H groups in total. The number of allylic oxidation sites excluding steroid dienone is 4. The van der Waals surface area contributed by atoms with Gasteiger partial charge in [0.2, 0.25) is 6.08 Å². The second-order valence-corrected chi connectivity index (χ2v) is 4.97. The van der Waals surface area contributed by atoms with Crippen molar-refractivity contribution in [1.82, 2.24) is 9.78 Å². The molecule has 0 fully saturated rings. The lowest BCUT2D eigenvalue weighted by Gasteiger charge is -2.14. The third-order valence-corrected chi connectivity index (χ3v) is 2.50. The van der Waals surface area contributed by atoms with E-state index in [1.807, 2.05) is 38.1 Å². The third kappa shape index (κ3) is 3.05. The normalized spacial score (nSPS) is 12.8. The first-order valence-corrected chi connectivity index (χ1v) is 5.91. The van der Waals surface area contributed by atoms with Gasteiger partial charge in [0.25, 0.3) is 0 Å². The van der Waals surface area contributed by atoms with Gasteiger partial charge in [-0.3, -0.25) is 0 Å². The van der Waals surface area contributed by atoms with E-state index in [2.05, 4.69) is 30.9 Å². The standard InChI is InChI=1S/C14H19N3O/c1-6-8-11(7-2)17-13(15-10-18)9-12(16-17)14(3,4)5/h6-9H,1-5H3. The molecule has 0 radical (unpaired) electrons. The van der Waals surface area contributed by atoms with Crippen LogP contribution in [0.2, 0.25) is 0 Å². The third-order valence-electron chi connectivity index (χ3n) is 2.50. The van der Waals surface area contributed by atoms with Gasteiger partial charge in [-0.05, 0) is 19.9 Å². The van der Waals surface area contributed by atoms with Gasteiger partial charge in [0.05, 0.1) is 11.4 Å². The van der Waals surface area contributed by atoms with E-state index in [0.29, 0.717) is 5.82 Å². The van der Waals surface area contributed by atoms with Gasteiger partial charge in [0, 0.05) is 11.5 Å². The molecule has 0 saturated heterocycles. The zero-order valence-electron chi connectivity index (χ0n) is 11.6. The lowest BCUT2D eigenvalue weighted by Crippen LogP contribution is -2.12. The van der Waals surface area contributed by atoms with E-state index in [-0.39, 0.29) is 5.41 Å². The first-order valence-electron chi connectivity index (χ1n) is 5.91. The average Bonchev–Trinajstić information content (AvgIpc) is 2.70. The molecule has 18 heavy (non-hydrogen) atoms.